The first-order chi connectivity index (χ1) is 13.0. The Morgan fingerprint density at radius 3 is 1.38 bits per heavy atom. The van der Waals surface area contributed by atoms with E-state index in [0.717, 1.165) is 6.42 Å². The van der Waals surface area contributed by atoms with Crippen LogP contribution in [-0.2, 0) is 0 Å². The summed E-state index contributed by atoms with van der Waals surface area (Å²) in [5.74, 6) is 0. The lowest BCUT2D eigenvalue weighted by Crippen LogP contribution is -1.83. The number of allylic oxidation sites excluding steroid dienone is 12. The standard InChI is InChI=1S/C26H39/c1-2-4-6-8-10-12-14-16-18-20-22-24-26-25-23-21-19-17-15-13-11-9-7-5-3-1/h1-11H,12,14-26H2/b2-1-,5-3-,6-4-,9-7-,10-8-,13-11?. The topological polar surface area (TPSA) is 0 Å². The monoisotopic (exact) mass is 351 g/mol. The molecule has 0 bridgehead atoms. The molecular formula is C26H39. The Hall–Kier alpha value is -1.56. The van der Waals surface area contributed by atoms with Gasteiger partial charge in [-0.05, 0) is 31.8 Å². The lowest BCUT2D eigenvalue weighted by molar-refractivity contribution is 0.541. The molecule has 0 aromatic heterocycles. The molecule has 1 radical (unpaired) electrons. The van der Waals surface area contributed by atoms with Crippen molar-refractivity contribution in [3.8, 4) is 0 Å². The Balaban J connectivity index is 2.28. The van der Waals surface area contributed by atoms with E-state index in [1.165, 1.54) is 83.5 Å². The normalized spacial score (nSPS) is 27.7. The molecule has 26 heavy (non-hydrogen) atoms. The molecule has 0 nitrogen and oxygen atoms in total. The molecular weight excluding hydrogens is 312 g/mol. The predicted molar refractivity (Wildman–Crippen MR) is 118 cm³/mol. The highest BCUT2D eigenvalue weighted by atomic mass is 14.0. The molecule has 0 aliphatic heterocycles. The molecule has 0 saturated carbocycles. The highest BCUT2D eigenvalue weighted by Crippen LogP contribution is 2.13. The minimum Gasteiger partial charge on any atom is -0.0845 e. The van der Waals surface area contributed by atoms with E-state index in [1.807, 2.05) is 6.08 Å². The Kier molecular flexibility index (Phi) is 17.1. The van der Waals surface area contributed by atoms with Gasteiger partial charge in [-0.3, -0.25) is 0 Å². The second kappa shape index (κ2) is 19.8. The first-order valence-corrected chi connectivity index (χ1v) is 10.9. The Morgan fingerprint density at radius 2 is 0.808 bits per heavy atom. The minimum atomic E-state index is 1.09. The van der Waals surface area contributed by atoms with E-state index >= 15 is 0 Å². The van der Waals surface area contributed by atoms with Gasteiger partial charge in [0.15, 0.2) is 0 Å². The van der Waals surface area contributed by atoms with E-state index in [4.69, 9.17) is 0 Å². The molecule has 0 fully saturated rings. The summed E-state index contributed by atoms with van der Waals surface area (Å²) >= 11 is 0. The Bertz CT molecular complexity index is 412. The molecule has 0 aromatic rings. The van der Waals surface area contributed by atoms with Crippen molar-refractivity contribution < 1.29 is 0 Å². The van der Waals surface area contributed by atoms with Gasteiger partial charge in [-0.25, -0.2) is 0 Å². The summed E-state index contributed by atoms with van der Waals surface area (Å²) < 4.78 is 0. The number of hydrogen-bond acceptors (Lipinski definition) is 0. The number of hydrogen-bond donors (Lipinski definition) is 0. The van der Waals surface area contributed by atoms with Gasteiger partial charge in [-0.2, -0.15) is 0 Å². The summed E-state index contributed by atoms with van der Waals surface area (Å²) in [5, 5.41) is 0. The van der Waals surface area contributed by atoms with Gasteiger partial charge in [0.2, 0.25) is 0 Å². The lowest BCUT2D eigenvalue weighted by atomic mass is 10.0. The summed E-state index contributed by atoms with van der Waals surface area (Å²) in [6.45, 7) is 0. The number of rotatable bonds is 0. The summed E-state index contributed by atoms with van der Waals surface area (Å²) in [5.41, 5.74) is 0. The van der Waals surface area contributed by atoms with Crippen LogP contribution in [0.15, 0.2) is 66.8 Å². The molecule has 0 amide bonds. The lowest BCUT2D eigenvalue weighted by Gasteiger charge is -2.02. The molecule has 1 aliphatic rings. The van der Waals surface area contributed by atoms with Crippen molar-refractivity contribution in [3.05, 3.63) is 72.9 Å². The largest absolute Gasteiger partial charge is 0.0845 e. The third-order valence-electron chi connectivity index (χ3n) is 4.68. The van der Waals surface area contributed by atoms with Crippen molar-refractivity contribution >= 4 is 0 Å². The van der Waals surface area contributed by atoms with Crippen molar-refractivity contribution in [2.45, 2.75) is 89.9 Å². The van der Waals surface area contributed by atoms with Gasteiger partial charge in [0, 0.05) is 0 Å². The first kappa shape index (κ1) is 22.5. The van der Waals surface area contributed by atoms with Crippen molar-refractivity contribution in [2.24, 2.45) is 0 Å². The average Bonchev–Trinajstić information content (AvgIpc) is 2.65. The van der Waals surface area contributed by atoms with Gasteiger partial charge in [0.25, 0.3) is 0 Å². The zero-order valence-electron chi connectivity index (χ0n) is 16.8. The highest BCUT2D eigenvalue weighted by Gasteiger charge is 1.93. The van der Waals surface area contributed by atoms with Gasteiger partial charge >= 0.3 is 0 Å². The van der Waals surface area contributed by atoms with Crippen LogP contribution in [0.1, 0.15) is 89.9 Å². The van der Waals surface area contributed by atoms with Gasteiger partial charge in [-0.15, -0.1) is 0 Å². The van der Waals surface area contributed by atoms with Crippen LogP contribution in [0.4, 0.5) is 0 Å². The smallest absolute Gasteiger partial charge is 0.0276 e. The van der Waals surface area contributed by atoms with Crippen LogP contribution in [0.3, 0.4) is 0 Å². The maximum Gasteiger partial charge on any atom is -0.0276 e. The van der Waals surface area contributed by atoms with Crippen molar-refractivity contribution in [2.75, 3.05) is 0 Å². The Labute approximate surface area is 163 Å². The first-order valence-electron chi connectivity index (χ1n) is 10.9. The van der Waals surface area contributed by atoms with Gasteiger partial charge in [0.05, 0.1) is 0 Å². The summed E-state index contributed by atoms with van der Waals surface area (Å²) in [7, 11) is 0. The van der Waals surface area contributed by atoms with Crippen LogP contribution >= 0.6 is 0 Å². The zero-order valence-corrected chi connectivity index (χ0v) is 16.8. The molecule has 0 heterocycles. The predicted octanol–water partition coefficient (Wildman–Crippen LogP) is 8.60. The van der Waals surface area contributed by atoms with E-state index in [1.54, 1.807) is 0 Å². The van der Waals surface area contributed by atoms with Crippen LogP contribution in [0.5, 0.6) is 0 Å². The van der Waals surface area contributed by atoms with Gasteiger partial charge in [0.1, 0.15) is 0 Å². The van der Waals surface area contributed by atoms with Crippen molar-refractivity contribution in [3.63, 3.8) is 0 Å². The van der Waals surface area contributed by atoms with Crippen LogP contribution in [0.25, 0.3) is 0 Å². The summed E-state index contributed by atoms with van der Waals surface area (Å²) in [6.07, 6.45) is 45.5. The van der Waals surface area contributed by atoms with E-state index in [2.05, 4.69) is 66.8 Å². The zero-order chi connectivity index (χ0) is 18.4. The highest BCUT2D eigenvalue weighted by molar-refractivity contribution is 5.19. The van der Waals surface area contributed by atoms with E-state index in [-0.39, 0.29) is 0 Å². The fourth-order valence-electron chi connectivity index (χ4n) is 3.09. The molecule has 0 N–H and O–H groups in total. The quantitative estimate of drug-likeness (QED) is 0.410. The fourth-order valence-corrected chi connectivity index (χ4v) is 3.09. The molecule has 0 heteroatoms. The molecule has 0 atom stereocenters. The summed E-state index contributed by atoms with van der Waals surface area (Å²) in [4.78, 5) is 0. The SMILES string of the molecule is [C]1=C/C=C\C=C/C=C\C=C/C=C\CCCCCCCCCCCCCC\1. The third-order valence-corrected chi connectivity index (χ3v) is 4.68. The van der Waals surface area contributed by atoms with Crippen LogP contribution in [-0.4, -0.2) is 0 Å². The van der Waals surface area contributed by atoms with Crippen molar-refractivity contribution in [1.29, 1.82) is 0 Å². The van der Waals surface area contributed by atoms with Crippen LogP contribution < -0.4 is 0 Å². The second-order valence-electron chi connectivity index (χ2n) is 7.12. The molecule has 143 valence electrons. The average molecular weight is 352 g/mol. The van der Waals surface area contributed by atoms with E-state index < -0.39 is 0 Å². The van der Waals surface area contributed by atoms with Crippen LogP contribution in [0, 0.1) is 6.08 Å². The van der Waals surface area contributed by atoms with Crippen LogP contribution in [0.2, 0.25) is 0 Å². The van der Waals surface area contributed by atoms with E-state index in [0.29, 0.717) is 0 Å². The molecule has 0 saturated heterocycles. The molecule has 0 unspecified atom stereocenters. The Morgan fingerprint density at radius 1 is 0.385 bits per heavy atom. The minimum absolute atomic E-state index is 1.09. The fraction of sp³-hybridized carbons (Fsp3) is 0.538. The molecule has 1 rings (SSSR count). The third kappa shape index (κ3) is 17.3. The van der Waals surface area contributed by atoms with Gasteiger partial charge in [-0.1, -0.05) is 131 Å². The maximum atomic E-state index is 3.36. The summed E-state index contributed by atoms with van der Waals surface area (Å²) in [6, 6.07) is 0. The maximum absolute atomic E-state index is 3.36. The molecule has 1 aliphatic carbocycles. The van der Waals surface area contributed by atoms with Gasteiger partial charge < -0.3 is 0 Å². The second-order valence-corrected chi connectivity index (χ2v) is 7.12. The van der Waals surface area contributed by atoms with Crippen molar-refractivity contribution in [1.82, 2.24) is 0 Å². The van der Waals surface area contributed by atoms with E-state index in [9.17, 15) is 0 Å². The molecule has 0 aromatic carbocycles. The molecule has 0 spiro atoms.